The van der Waals surface area contributed by atoms with E-state index in [1.807, 2.05) is 9.80 Å². The second-order valence-electron chi connectivity index (χ2n) is 12.0. The number of ether oxygens (including phenoxy) is 2. The molecule has 0 amide bonds. The number of methoxy groups -OCH3 is 2. The normalized spacial score (nSPS) is 15.5. The van der Waals surface area contributed by atoms with Crippen molar-refractivity contribution in [2.75, 3.05) is 60.8 Å². The molecule has 0 atom stereocenters. The Labute approximate surface area is 300 Å². The van der Waals surface area contributed by atoms with Crippen molar-refractivity contribution in [2.24, 2.45) is 0 Å². The minimum Gasteiger partial charge on any atom is -0.467 e. The Kier molecular flexibility index (Phi) is 11.0. The van der Waals surface area contributed by atoms with E-state index in [-0.39, 0.29) is 46.4 Å². The highest BCUT2D eigenvalue weighted by Gasteiger charge is 2.21. The third kappa shape index (κ3) is 8.99. The van der Waals surface area contributed by atoms with Gasteiger partial charge in [0.2, 0.25) is 23.8 Å². The largest absolute Gasteiger partial charge is 0.467 e. The summed E-state index contributed by atoms with van der Waals surface area (Å²) in [6, 6.07) is 8.38. The van der Waals surface area contributed by atoms with Crippen LogP contribution < -0.4 is 29.9 Å². The Bertz CT molecular complexity index is 2020. The smallest absolute Gasteiger partial charge is 0.322 e. The summed E-state index contributed by atoms with van der Waals surface area (Å²) in [6.07, 6.45) is 8.79. The predicted octanol–water partition coefficient (Wildman–Crippen LogP) is 4.21. The van der Waals surface area contributed by atoms with E-state index < -0.39 is 30.0 Å². The zero-order valence-corrected chi connectivity index (χ0v) is 30.1. The number of anilines is 6. The van der Waals surface area contributed by atoms with Crippen molar-refractivity contribution in [1.29, 1.82) is 0 Å². The minimum atomic E-state index is -4.78. The maximum Gasteiger partial charge on any atom is 0.322 e. The maximum atomic E-state index is 12.5. The first kappa shape index (κ1) is 36.6. The lowest BCUT2D eigenvalue weighted by Crippen LogP contribution is -2.31. The molecule has 4 N–H and O–H groups in total. The molecule has 2 aliphatic rings. The van der Waals surface area contributed by atoms with Crippen LogP contribution in [0.25, 0.3) is 12.2 Å². The quantitative estimate of drug-likeness (QED) is 0.117. The Balaban J connectivity index is 1.27. The molecule has 0 aliphatic carbocycles. The molecule has 0 radical (unpaired) electrons. The lowest BCUT2D eigenvalue weighted by Gasteiger charge is -2.26. The average molecular weight is 755 g/mol. The molecule has 2 saturated heterocycles. The zero-order chi connectivity index (χ0) is 36.9. The van der Waals surface area contributed by atoms with Gasteiger partial charge in [0.1, 0.15) is 9.79 Å². The molecule has 2 fully saturated rings. The van der Waals surface area contributed by atoms with Crippen LogP contribution >= 0.6 is 0 Å². The van der Waals surface area contributed by atoms with Crippen molar-refractivity contribution >= 4 is 67.6 Å². The molecule has 18 nitrogen and oxygen atoms in total. The van der Waals surface area contributed by atoms with Crippen LogP contribution in [-0.4, -0.2) is 96.2 Å². The van der Waals surface area contributed by atoms with Crippen molar-refractivity contribution in [1.82, 2.24) is 29.9 Å². The first-order chi connectivity index (χ1) is 24.9. The number of aromatic nitrogens is 6. The molecule has 6 rings (SSSR count). The van der Waals surface area contributed by atoms with E-state index in [1.165, 1.54) is 62.8 Å². The second kappa shape index (κ2) is 15.6. The molecule has 0 bridgehead atoms. The van der Waals surface area contributed by atoms with Crippen LogP contribution in [0, 0.1) is 0 Å². The first-order valence-corrected chi connectivity index (χ1v) is 19.3. The summed E-state index contributed by atoms with van der Waals surface area (Å²) in [5.74, 6) is 1.02. The summed E-state index contributed by atoms with van der Waals surface area (Å²) < 4.78 is 80.7. The second-order valence-corrected chi connectivity index (χ2v) is 14.8. The average Bonchev–Trinajstić information content (AvgIpc) is 3.14. The first-order valence-electron chi connectivity index (χ1n) is 16.4. The van der Waals surface area contributed by atoms with Crippen LogP contribution in [-0.2, 0) is 20.2 Å². The van der Waals surface area contributed by atoms with E-state index in [2.05, 4.69) is 40.5 Å². The summed E-state index contributed by atoms with van der Waals surface area (Å²) in [5.41, 5.74) is 0.521. The number of hydrogen-bond donors (Lipinski definition) is 4. The number of piperidine rings is 2. The van der Waals surface area contributed by atoms with E-state index in [4.69, 9.17) is 9.47 Å². The van der Waals surface area contributed by atoms with E-state index in [9.17, 15) is 25.9 Å². The molecule has 52 heavy (non-hydrogen) atoms. The molecule has 0 spiro atoms. The number of hydrogen-bond acceptors (Lipinski definition) is 16. The third-order valence-corrected chi connectivity index (χ3v) is 10.2. The number of nitrogens with one attached hydrogen (secondary N) is 2. The Morgan fingerprint density at radius 3 is 1.33 bits per heavy atom. The number of nitrogens with zero attached hydrogens (tertiary/aromatic N) is 8. The lowest BCUT2D eigenvalue weighted by molar-refractivity contribution is 0.378. The highest BCUT2D eigenvalue weighted by Crippen LogP contribution is 2.29. The molecule has 2 aromatic heterocycles. The van der Waals surface area contributed by atoms with E-state index in [0.29, 0.717) is 11.9 Å². The maximum absolute atomic E-state index is 12.5. The Morgan fingerprint density at radius 1 is 0.596 bits per heavy atom. The Hall–Kier alpha value is -5.18. The fourth-order valence-electron chi connectivity index (χ4n) is 5.84. The van der Waals surface area contributed by atoms with Crippen molar-refractivity contribution in [3.63, 3.8) is 0 Å². The van der Waals surface area contributed by atoms with Gasteiger partial charge in [-0.25, -0.2) is 0 Å². The summed E-state index contributed by atoms with van der Waals surface area (Å²) in [7, 11) is -6.71. The summed E-state index contributed by atoms with van der Waals surface area (Å²) in [4.78, 5) is 29.1. The van der Waals surface area contributed by atoms with Gasteiger partial charge in [0.05, 0.1) is 14.2 Å². The van der Waals surface area contributed by atoms with Gasteiger partial charge in [-0.05, 0) is 73.9 Å². The van der Waals surface area contributed by atoms with Gasteiger partial charge in [0.25, 0.3) is 20.2 Å². The Morgan fingerprint density at radius 2 is 0.981 bits per heavy atom. The van der Waals surface area contributed by atoms with E-state index in [1.54, 1.807) is 0 Å². The fraction of sp³-hybridized carbons (Fsp3) is 0.375. The van der Waals surface area contributed by atoms with Crippen molar-refractivity contribution in [3.05, 3.63) is 47.5 Å². The summed E-state index contributed by atoms with van der Waals surface area (Å²) in [5, 5.41) is 5.89. The molecule has 276 valence electrons. The van der Waals surface area contributed by atoms with Gasteiger partial charge < -0.3 is 29.9 Å². The summed E-state index contributed by atoms with van der Waals surface area (Å²) >= 11 is 0. The van der Waals surface area contributed by atoms with E-state index in [0.717, 1.165) is 64.7 Å². The topological polar surface area (TPSA) is 235 Å². The van der Waals surface area contributed by atoms with Gasteiger partial charge in [-0.1, -0.05) is 24.3 Å². The van der Waals surface area contributed by atoms with Crippen LogP contribution in [0.2, 0.25) is 0 Å². The van der Waals surface area contributed by atoms with Crippen molar-refractivity contribution < 1.29 is 35.4 Å². The molecule has 20 heteroatoms. The molecular formula is C32H38N10O8S2. The molecule has 2 aliphatic heterocycles. The third-order valence-electron chi connectivity index (χ3n) is 8.39. The van der Waals surface area contributed by atoms with Crippen LogP contribution in [0.4, 0.5) is 35.2 Å². The van der Waals surface area contributed by atoms with Gasteiger partial charge in [-0.2, -0.15) is 46.7 Å². The fourth-order valence-corrected chi connectivity index (χ4v) is 7.26. The van der Waals surface area contributed by atoms with Gasteiger partial charge >= 0.3 is 12.0 Å². The van der Waals surface area contributed by atoms with Gasteiger partial charge in [-0.15, -0.1) is 0 Å². The van der Waals surface area contributed by atoms with Crippen LogP contribution in [0.15, 0.2) is 46.2 Å². The van der Waals surface area contributed by atoms with Crippen LogP contribution in [0.3, 0.4) is 0 Å². The van der Waals surface area contributed by atoms with Crippen LogP contribution in [0.5, 0.6) is 12.0 Å². The molecule has 4 heterocycles. The molecule has 4 aromatic rings. The highest BCUT2D eigenvalue weighted by atomic mass is 32.2. The van der Waals surface area contributed by atoms with Crippen LogP contribution in [0.1, 0.15) is 49.7 Å². The highest BCUT2D eigenvalue weighted by molar-refractivity contribution is 7.86. The number of benzene rings is 2. The van der Waals surface area contributed by atoms with Gasteiger partial charge in [0, 0.05) is 37.6 Å². The lowest BCUT2D eigenvalue weighted by atomic mass is 10.1. The molecule has 0 unspecified atom stereocenters. The monoisotopic (exact) mass is 754 g/mol. The summed E-state index contributed by atoms with van der Waals surface area (Å²) in [6.45, 7) is 3.08. The van der Waals surface area contributed by atoms with E-state index >= 15 is 0 Å². The SMILES string of the molecule is COc1nc(Nc2ccc(/C=C/c3ccc(Nc4nc(OC)nc(N5CCCCC5)n4)cc3S(=O)(=O)O)c(S(=O)(=O)O)c2)nc(N2CCCCC2)n1. The predicted molar refractivity (Wildman–Crippen MR) is 193 cm³/mol. The van der Waals surface area contributed by atoms with Gasteiger partial charge in [-0.3, -0.25) is 9.11 Å². The van der Waals surface area contributed by atoms with Crippen molar-refractivity contribution in [2.45, 2.75) is 48.3 Å². The standard InChI is InChI=1S/C32H38N10O8S2/c1-49-31-37-27(35-29(39-31)41-15-5-3-6-16-41)33-23-13-11-21(25(19-23)51(43,44)45)9-10-22-12-14-24(20-26(22)52(46,47)48)34-28-36-30(40-32(38-28)50-2)42-17-7-4-8-18-42/h9-14,19-20H,3-8,15-18H2,1-2H3,(H,43,44,45)(H,46,47,48)(H,33,35,37,39)(H,34,36,38,40)/b10-9+. The van der Waals surface area contributed by atoms with Gasteiger partial charge in [0.15, 0.2) is 0 Å². The zero-order valence-electron chi connectivity index (χ0n) is 28.4. The molecule has 2 aromatic carbocycles. The minimum absolute atomic E-state index is 0.0290. The molecular weight excluding hydrogens is 717 g/mol. The molecule has 0 saturated carbocycles. The van der Waals surface area contributed by atoms with Crippen molar-refractivity contribution in [3.8, 4) is 12.0 Å². The number of rotatable bonds is 12.